The number of rotatable bonds is 3. The Balaban J connectivity index is 2.51. The maximum Gasteiger partial charge on any atom is 0.264 e. The maximum atomic E-state index is 13.7. The van der Waals surface area contributed by atoms with E-state index in [1.807, 2.05) is 0 Å². The van der Waals surface area contributed by atoms with Crippen molar-refractivity contribution in [2.75, 3.05) is 7.11 Å². The van der Waals surface area contributed by atoms with Gasteiger partial charge in [-0.1, -0.05) is 11.2 Å². The van der Waals surface area contributed by atoms with Crippen molar-refractivity contribution in [3.63, 3.8) is 0 Å². The molecule has 0 saturated carbocycles. The van der Waals surface area contributed by atoms with Gasteiger partial charge in [-0.2, -0.15) is 4.98 Å². The largest absolute Gasteiger partial charge is 0.496 e. The van der Waals surface area contributed by atoms with Gasteiger partial charge in [0.2, 0.25) is 0 Å². The summed E-state index contributed by atoms with van der Waals surface area (Å²) in [5.41, 5.74) is 0.145. The van der Waals surface area contributed by atoms with Crippen molar-refractivity contribution >= 4 is 11.6 Å². The van der Waals surface area contributed by atoms with Crippen LogP contribution in [0.25, 0.3) is 11.5 Å². The molecule has 1 heterocycles. The van der Waals surface area contributed by atoms with E-state index < -0.39 is 11.2 Å². The van der Waals surface area contributed by atoms with Crippen LogP contribution in [-0.4, -0.2) is 17.3 Å². The van der Waals surface area contributed by atoms with E-state index in [1.54, 1.807) is 19.1 Å². The Bertz CT molecular complexity index is 528. The smallest absolute Gasteiger partial charge is 0.264 e. The van der Waals surface area contributed by atoms with E-state index in [4.69, 9.17) is 20.9 Å². The zero-order valence-electron chi connectivity index (χ0n) is 9.28. The molecule has 0 N–H and O–H groups in total. The average Bonchev–Trinajstić information content (AvgIpc) is 2.77. The second-order valence-corrected chi connectivity index (χ2v) is 4.05. The van der Waals surface area contributed by atoms with Crippen LogP contribution in [0.5, 0.6) is 5.75 Å². The first-order chi connectivity index (χ1) is 8.13. The number of aromatic nitrogens is 2. The van der Waals surface area contributed by atoms with E-state index in [-0.39, 0.29) is 11.5 Å². The lowest BCUT2D eigenvalue weighted by Gasteiger charge is -2.04. The molecule has 0 spiro atoms. The van der Waals surface area contributed by atoms with Gasteiger partial charge in [0.05, 0.1) is 12.5 Å². The molecule has 0 aliphatic rings. The first-order valence-corrected chi connectivity index (χ1v) is 5.37. The molecule has 0 radical (unpaired) electrons. The summed E-state index contributed by atoms with van der Waals surface area (Å²) in [7, 11) is 1.44. The summed E-state index contributed by atoms with van der Waals surface area (Å²) in [6.07, 6.45) is 0. The lowest BCUT2D eigenvalue weighted by atomic mass is 10.2. The summed E-state index contributed by atoms with van der Waals surface area (Å²) in [5, 5.41) is 3.27. The van der Waals surface area contributed by atoms with Gasteiger partial charge in [0.25, 0.3) is 5.89 Å². The van der Waals surface area contributed by atoms with Crippen LogP contribution in [0.2, 0.25) is 0 Å². The highest BCUT2D eigenvalue weighted by molar-refractivity contribution is 6.20. The summed E-state index contributed by atoms with van der Waals surface area (Å²) in [5.74, 6) is 0.221. The molecule has 1 aromatic heterocycles. The third-order valence-corrected chi connectivity index (χ3v) is 2.40. The molecule has 90 valence electrons. The lowest BCUT2D eigenvalue weighted by molar-refractivity contribution is 0.398. The first-order valence-electron chi connectivity index (χ1n) is 4.94. The molecule has 1 aromatic carbocycles. The number of hydrogen-bond donors (Lipinski definition) is 0. The molecule has 2 aromatic rings. The second kappa shape index (κ2) is 4.71. The van der Waals surface area contributed by atoms with Crippen molar-refractivity contribution in [3.8, 4) is 17.2 Å². The number of alkyl halides is 1. The van der Waals surface area contributed by atoms with E-state index in [2.05, 4.69) is 10.1 Å². The fourth-order valence-corrected chi connectivity index (χ4v) is 1.47. The van der Waals surface area contributed by atoms with Crippen molar-refractivity contribution in [3.05, 3.63) is 29.8 Å². The molecule has 0 aliphatic carbocycles. The Morgan fingerprint density at radius 1 is 1.47 bits per heavy atom. The second-order valence-electron chi connectivity index (χ2n) is 3.39. The van der Waals surface area contributed by atoms with Crippen LogP contribution in [0.15, 0.2) is 22.7 Å². The zero-order valence-corrected chi connectivity index (χ0v) is 10.0. The fraction of sp³-hybridized carbons (Fsp3) is 0.273. The van der Waals surface area contributed by atoms with Crippen LogP contribution in [0.1, 0.15) is 18.1 Å². The third-order valence-electron chi connectivity index (χ3n) is 2.21. The molecular formula is C11H10ClFN2O2. The molecule has 0 amide bonds. The SMILES string of the molecule is COc1cccc(F)c1-c1nc(C(C)Cl)no1. The number of benzene rings is 1. The Morgan fingerprint density at radius 2 is 2.24 bits per heavy atom. The molecule has 0 bridgehead atoms. The van der Waals surface area contributed by atoms with Crippen molar-refractivity contribution in [2.24, 2.45) is 0 Å². The van der Waals surface area contributed by atoms with Crippen LogP contribution in [0, 0.1) is 5.82 Å². The summed E-state index contributed by atoms with van der Waals surface area (Å²) in [4.78, 5) is 4.02. The third kappa shape index (κ3) is 2.24. The van der Waals surface area contributed by atoms with E-state index in [0.717, 1.165) is 0 Å². The fourth-order valence-electron chi connectivity index (χ4n) is 1.38. The van der Waals surface area contributed by atoms with Gasteiger partial charge < -0.3 is 9.26 Å². The molecule has 0 aliphatic heterocycles. The van der Waals surface area contributed by atoms with Gasteiger partial charge >= 0.3 is 0 Å². The normalized spacial score (nSPS) is 12.5. The maximum absolute atomic E-state index is 13.7. The van der Waals surface area contributed by atoms with Crippen LogP contribution >= 0.6 is 11.6 Å². The molecule has 1 atom stereocenters. The molecule has 2 rings (SSSR count). The molecule has 1 unspecified atom stereocenters. The predicted octanol–water partition coefficient (Wildman–Crippen LogP) is 3.18. The lowest BCUT2D eigenvalue weighted by Crippen LogP contribution is -1.92. The molecule has 0 saturated heterocycles. The van der Waals surface area contributed by atoms with Gasteiger partial charge in [0.15, 0.2) is 5.82 Å². The summed E-state index contributed by atoms with van der Waals surface area (Å²) < 4.78 is 23.7. The Labute approximate surface area is 102 Å². The standard InChI is InChI=1S/C11H10ClFN2O2/c1-6(12)10-14-11(17-15-10)9-7(13)4-3-5-8(9)16-2/h3-6H,1-2H3. The Hall–Kier alpha value is -1.62. The summed E-state index contributed by atoms with van der Waals surface area (Å²) >= 11 is 5.81. The predicted molar refractivity (Wildman–Crippen MR) is 60.5 cm³/mol. The number of nitrogens with zero attached hydrogens (tertiary/aromatic N) is 2. The topological polar surface area (TPSA) is 48.2 Å². The molecule has 6 heteroatoms. The van der Waals surface area contributed by atoms with Crippen molar-refractivity contribution in [1.29, 1.82) is 0 Å². The van der Waals surface area contributed by atoms with Gasteiger partial charge in [0.1, 0.15) is 17.1 Å². The Morgan fingerprint density at radius 3 is 2.82 bits per heavy atom. The van der Waals surface area contributed by atoms with Gasteiger partial charge in [0, 0.05) is 0 Å². The van der Waals surface area contributed by atoms with E-state index in [1.165, 1.54) is 13.2 Å². The highest BCUT2D eigenvalue weighted by Crippen LogP contribution is 2.32. The highest BCUT2D eigenvalue weighted by atomic mass is 35.5. The number of halogens is 2. The van der Waals surface area contributed by atoms with Crippen LogP contribution in [0.3, 0.4) is 0 Å². The number of ether oxygens (including phenoxy) is 1. The minimum absolute atomic E-state index is 0.0578. The van der Waals surface area contributed by atoms with Crippen molar-refractivity contribution in [2.45, 2.75) is 12.3 Å². The average molecular weight is 257 g/mol. The van der Waals surface area contributed by atoms with E-state index in [9.17, 15) is 4.39 Å². The van der Waals surface area contributed by atoms with E-state index >= 15 is 0 Å². The minimum atomic E-state index is -0.484. The summed E-state index contributed by atoms with van der Waals surface area (Å²) in [6.45, 7) is 1.70. The molecule has 0 fully saturated rings. The van der Waals surface area contributed by atoms with Crippen LogP contribution in [-0.2, 0) is 0 Å². The number of hydrogen-bond acceptors (Lipinski definition) is 4. The molecular weight excluding hydrogens is 247 g/mol. The zero-order chi connectivity index (χ0) is 12.4. The summed E-state index contributed by atoms with van der Waals surface area (Å²) in [6, 6.07) is 4.46. The number of methoxy groups -OCH3 is 1. The highest BCUT2D eigenvalue weighted by Gasteiger charge is 2.19. The van der Waals surface area contributed by atoms with Gasteiger partial charge in [-0.25, -0.2) is 4.39 Å². The monoisotopic (exact) mass is 256 g/mol. The Kier molecular flexibility index (Phi) is 3.28. The molecule has 17 heavy (non-hydrogen) atoms. The van der Waals surface area contributed by atoms with Crippen LogP contribution in [0.4, 0.5) is 4.39 Å². The van der Waals surface area contributed by atoms with E-state index in [0.29, 0.717) is 11.6 Å². The first kappa shape index (κ1) is 11.9. The van der Waals surface area contributed by atoms with Crippen LogP contribution < -0.4 is 4.74 Å². The minimum Gasteiger partial charge on any atom is -0.496 e. The molecule has 4 nitrogen and oxygen atoms in total. The van der Waals surface area contributed by atoms with Crippen molar-refractivity contribution in [1.82, 2.24) is 10.1 Å². The van der Waals surface area contributed by atoms with Crippen molar-refractivity contribution < 1.29 is 13.7 Å². The quantitative estimate of drug-likeness (QED) is 0.792. The van der Waals surface area contributed by atoms with Gasteiger partial charge in [-0.05, 0) is 19.1 Å². The van der Waals surface area contributed by atoms with Gasteiger partial charge in [-0.3, -0.25) is 0 Å². The van der Waals surface area contributed by atoms with Gasteiger partial charge in [-0.15, -0.1) is 11.6 Å².